The zero-order chi connectivity index (χ0) is 50.8. The average molecular weight is 1020 g/mol. The summed E-state index contributed by atoms with van der Waals surface area (Å²) in [4.78, 5) is 39.7. The molecule has 1 amide bonds. The largest absolute Gasteiger partial charge is 0.483 e. The van der Waals surface area contributed by atoms with Crippen molar-refractivity contribution in [1.82, 2.24) is 15.1 Å². The van der Waals surface area contributed by atoms with E-state index in [0.717, 1.165) is 4.47 Å². The number of nitrogens with one attached hydrogen (secondary N) is 1. The van der Waals surface area contributed by atoms with Crippen LogP contribution < -0.4 is 5.32 Å². The van der Waals surface area contributed by atoms with Crippen molar-refractivity contribution in [3.8, 4) is 0 Å². The van der Waals surface area contributed by atoms with Gasteiger partial charge in [0.25, 0.3) is 12.4 Å². The van der Waals surface area contributed by atoms with E-state index < -0.39 is 96.0 Å². The Bertz CT molecular complexity index is 1690. The number of methoxy groups -OCH3 is 1. The molecule has 3 saturated heterocycles. The number of carbonyl (C=O) groups excluding carboxylic acids is 2. The number of carbonyl (C=O) groups is 3. The van der Waals surface area contributed by atoms with E-state index in [1.165, 1.54) is 14.0 Å². The van der Waals surface area contributed by atoms with Crippen molar-refractivity contribution >= 4 is 34.3 Å². The number of hydrogen-bond donors (Lipinski definition) is 7. The first-order valence-electron chi connectivity index (χ1n) is 23.6. The Morgan fingerprint density at radius 2 is 1.60 bits per heavy atom. The average Bonchev–Trinajstić information content (AvgIpc) is 3.26. The third kappa shape index (κ3) is 15.3. The maximum absolute atomic E-state index is 14.5. The number of benzene rings is 1. The van der Waals surface area contributed by atoms with E-state index in [0.29, 0.717) is 38.0 Å². The van der Waals surface area contributed by atoms with Gasteiger partial charge in [-0.3, -0.25) is 19.3 Å². The molecule has 3 aliphatic heterocycles. The van der Waals surface area contributed by atoms with Crippen LogP contribution in [0, 0.1) is 17.8 Å². The predicted octanol–water partition coefficient (Wildman–Crippen LogP) is 3.55. The topological polar surface area (TPSA) is 246 Å². The van der Waals surface area contributed by atoms with E-state index in [4.69, 9.17) is 38.3 Å². The summed E-state index contributed by atoms with van der Waals surface area (Å²) < 4.78 is 38.9. The number of cyclic esters (lactones) is 1. The SMILES string of the molecule is CC[C@H]1OC(=O)[C@H](C)[C@@H](O[C@H]2C[C@@](C)(OC)[C@@H](O)[C@H](C)O2)[C@H](C)[C@@H](O[C@@H]2O[C@H](C)C[C@H](N(C)C)[C@H]2O)[C@](C)(O)C[C@@H](C)CN(CCCNC(=O)c2ccc(Br)cc2)[C@H](C)[C@@H](O)[C@]1(C)O.O=CO. The fraction of sp³-hybridized carbons (Fsp3) is 0.812. The third-order valence-electron chi connectivity index (χ3n) is 14.0. The number of aliphatic hydroxyl groups is 5. The predicted molar refractivity (Wildman–Crippen MR) is 253 cm³/mol. The van der Waals surface area contributed by atoms with Crippen LogP contribution in [-0.2, 0) is 38.0 Å². The molecule has 0 spiro atoms. The van der Waals surface area contributed by atoms with Gasteiger partial charge in [-0.15, -0.1) is 0 Å². The molecule has 19 heteroatoms. The maximum atomic E-state index is 14.5. The lowest BCUT2D eigenvalue weighted by Crippen LogP contribution is -2.60. The van der Waals surface area contributed by atoms with Gasteiger partial charge in [0, 0.05) is 61.2 Å². The van der Waals surface area contributed by atoms with Crippen LogP contribution in [-0.4, -0.2) is 190 Å². The number of hydrogen-bond acceptors (Lipinski definition) is 16. The van der Waals surface area contributed by atoms with Crippen molar-refractivity contribution in [2.45, 2.75) is 192 Å². The fourth-order valence-electron chi connectivity index (χ4n) is 10.1. The standard InChI is InChI=1S/C47H80BrN3O13.CH2O2/c1-14-35-47(10,58)39(53)30(6)51(21-15-20-49-42(55)32-16-18-33(48)19-17-32)25-26(2)23-45(8,57)41(64-44-37(52)34(50(11)12)22-27(3)60-44)28(4)38(29(5)43(56)62-35)63-36-24-46(9,59-13)40(54)31(7)61-36;2-1-3/h16-19,26-31,34-41,44,52-54,57-58H,14-15,20-25H2,1-13H3,(H,49,55);1H,(H,2,3)/t26-,27-,28+,29-,30-,31+,34+,35-,36+,37-,38+,39-,40+,41-,44+,45-,46-,47-;/m1./s1. The van der Waals surface area contributed by atoms with E-state index in [1.54, 1.807) is 65.8 Å². The Labute approximate surface area is 406 Å². The van der Waals surface area contributed by atoms with Crippen LogP contribution >= 0.6 is 15.9 Å². The monoisotopic (exact) mass is 1020 g/mol. The van der Waals surface area contributed by atoms with Gasteiger partial charge >= 0.3 is 5.97 Å². The molecule has 0 radical (unpaired) electrons. The Hall–Kier alpha value is -2.37. The zero-order valence-electron chi connectivity index (χ0n) is 41.8. The Kier molecular flexibility index (Phi) is 22.6. The molecule has 67 heavy (non-hydrogen) atoms. The molecule has 0 aliphatic carbocycles. The van der Waals surface area contributed by atoms with Crippen molar-refractivity contribution in [2.75, 3.05) is 40.8 Å². The number of likely N-dealkylation sites (N-methyl/N-ethyl adjacent to an activating group) is 1. The van der Waals surface area contributed by atoms with Crippen LogP contribution in [0.3, 0.4) is 0 Å². The molecule has 1 aromatic carbocycles. The van der Waals surface area contributed by atoms with Gasteiger partial charge < -0.3 is 69.3 Å². The summed E-state index contributed by atoms with van der Waals surface area (Å²) >= 11 is 3.40. The number of rotatable bonds is 12. The second-order valence-electron chi connectivity index (χ2n) is 19.9. The highest BCUT2D eigenvalue weighted by atomic mass is 79.9. The minimum absolute atomic E-state index is 0.103. The Morgan fingerprint density at radius 1 is 0.985 bits per heavy atom. The molecule has 4 rings (SSSR count). The lowest BCUT2D eigenvalue weighted by Gasteiger charge is -2.48. The Balaban J connectivity index is 0.00000386. The molecule has 386 valence electrons. The smallest absolute Gasteiger partial charge is 0.311 e. The lowest BCUT2D eigenvalue weighted by molar-refractivity contribution is -0.318. The first-order valence-corrected chi connectivity index (χ1v) is 24.4. The molecule has 0 unspecified atom stereocenters. The van der Waals surface area contributed by atoms with Gasteiger partial charge in [0.2, 0.25) is 0 Å². The minimum Gasteiger partial charge on any atom is -0.483 e. The van der Waals surface area contributed by atoms with Crippen LogP contribution in [0.1, 0.15) is 112 Å². The second kappa shape index (κ2) is 25.7. The molecule has 0 saturated carbocycles. The molecule has 0 aromatic heterocycles. The van der Waals surface area contributed by atoms with E-state index in [2.05, 4.69) is 21.2 Å². The van der Waals surface area contributed by atoms with Crippen molar-refractivity contribution in [1.29, 1.82) is 0 Å². The molecule has 18 atom stereocenters. The van der Waals surface area contributed by atoms with Gasteiger partial charge in [0.05, 0.1) is 41.5 Å². The van der Waals surface area contributed by atoms with E-state index in [-0.39, 0.29) is 49.7 Å². The van der Waals surface area contributed by atoms with Crippen LogP contribution in [0.25, 0.3) is 0 Å². The normalized spacial score (nSPS) is 40.7. The van der Waals surface area contributed by atoms with Crippen LogP contribution in [0.4, 0.5) is 0 Å². The second-order valence-corrected chi connectivity index (χ2v) is 20.9. The highest BCUT2D eigenvalue weighted by molar-refractivity contribution is 9.10. The summed E-state index contributed by atoms with van der Waals surface area (Å²) in [7, 11) is 5.25. The molecule has 7 N–H and O–H groups in total. The third-order valence-corrected chi connectivity index (χ3v) is 14.6. The van der Waals surface area contributed by atoms with Crippen molar-refractivity contribution in [3.63, 3.8) is 0 Å². The Morgan fingerprint density at radius 3 is 2.16 bits per heavy atom. The van der Waals surface area contributed by atoms with Gasteiger partial charge in [-0.05, 0) is 118 Å². The molecule has 18 nitrogen and oxygen atoms in total. The number of aliphatic hydroxyl groups excluding tert-OH is 3. The first-order chi connectivity index (χ1) is 31.2. The molecule has 0 bridgehead atoms. The van der Waals surface area contributed by atoms with Gasteiger partial charge in [0.15, 0.2) is 12.6 Å². The van der Waals surface area contributed by atoms with Crippen molar-refractivity contribution in [3.05, 3.63) is 34.3 Å². The number of nitrogens with zero attached hydrogens (tertiary/aromatic N) is 2. The van der Waals surface area contributed by atoms with Crippen LogP contribution in [0.5, 0.6) is 0 Å². The molecule has 3 fully saturated rings. The summed E-state index contributed by atoms with van der Waals surface area (Å²) in [5, 5.41) is 69.6. The van der Waals surface area contributed by atoms with Crippen molar-refractivity contribution < 1.29 is 73.4 Å². The minimum atomic E-state index is -1.91. The lowest BCUT2D eigenvalue weighted by atomic mass is 9.77. The molecule has 1 aromatic rings. The van der Waals surface area contributed by atoms with E-state index in [1.807, 2.05) is 44.7 Å². The fourth-order valence-corrected chi connectivity index (χ4v) is 10.4. The van der Waals surface area contributed by atoms with Gasteiger partial charge in [0.1, 0.15) is 30.0 Å². The summed E-state index contributed by atoms with van der Waals surface area (Å²) in [6, 6.07) is 6.08. The van der Waals surface area contributed by atoms with Crippen molar-refractivity contribution in [2.24, 2.45) is 17.8 Å². The zero-order valence-corrected chi connectivity index (χ0v) is 43.4. The number of amides is 1. The van der Waals surface area contributed by atoms with Crippen LogP contribution in [0.2, 0.25) is 0 Å². The highest BCUT2D eigenvalue weighted by Gasteiger charge is 2.53. The molecule has 3 heterocycles. The number of esters is 1. The molecular formula is C48H82BrN3O15. The quantitative estimate of drug-likeness (QED) is 0.0899. The number of halogens is 1. The van der Waals surface area contributed by atoms with Gasteiger partial charge in [-0.2, -0.15) is 0 Å². The summed E-state index contributed by atoms with van der Waals surface area (Å²) in [6.45, 7) is 18.3. The number of ether oxygens (including phenoxy) is 6. The van der Waals surface area contributed by atoms with Gasteiger partial charge in [-0.1, -0.05) is 36.7 Å². The molecule has 3 aliphatic rings. The highest BCUT2D eigenvalue weighted by Crippen LogP contribution is 2.40. The van der Waals surface area contributed by atoms with Gasteiger partial charge in [-0.25, -0.2) is 0 Å². The van der Waals surface area contributed by atoms with E-state index >= 15 is 0 Å². The van der Waals surface area contributed by atoms with Crippen LogP contribution in [0.15, 0.2) is 28.7 Å². The summed E-state index contributed by atoms with van der Waals surface area (Å²) in [6.07, 6.45) is -8.46. The first kappa shape index (κ1) is 58.9. The summed E-state index contributed by atoms with van der Waals surface area (Å²) in [5.74, 6) is -3.08. The van der Waals surface area contributed by atoms with E-state index in [9.17, 15) is 35.1 Å². The number of carboxylic acid groups (broad SMARTS) is 1. The summed E-state index contributed by atoms with van der Waals surface area (Å²) in [5.41, 5.74) is -4.10. The maximum Gasteiger partial charge on any atom is 0.311 e. The molecular weight excluding hydrogens is 938 g/mol.